The summed E-state index contributed by atoms with van der Waals surface area (Å²) in [7, 11) is 0. The number of nitrogens with one attached hydrogen (secondary N) is 1. The normalized spacial score (nSPS) is 16.1. The maximum Gasteiger partial charge on any atom is 0.239 e. The molecule has 1 aliphatic rings. The second-order valence-electron chi connectivity index (χ2n) is 7.63. The lowest BCUT2D eigenvalue weighted by Gasteiger charge is -2.25. The van der Waals surface area contributed by atoms with Gasteiger partial charge in [0.05, 0.1) is 10.8 Å². The highest BCUT2D eigenvalue weighted by molar-refractivity contribution is 8.00. The maximum absolute atomic E-state index is 12.8. The number of anilines is 1. The third-order valence-electron chi connectivity index (χ3n) is 5.58. The van der Waals surface area contributed by atoms with Crippen LogP contribution < -0.4 is 5.32 Å². The standard InChI is InChI=1S/C25H24N4OS/c1-2-22(24(30)29-23-10-6-7-13-27-23)31-25-20(16-26)15-19-14-18(11-12-21(19)28-25)17-8-4-3-5-9-17/h3-10,13,15,18,22H,2,11-12,14H2,1H3,(H,27,29,30). The fourth-order valence-corrected chi connectivity index (χ4v) is 4.92. The van der Waals surface area contributed by atoms with Crippen LogP contribution in [-0.2, 0) is 17.6 Å². The molecule has 0 saturated heterocycles. The summed E-state index contributed by atoms with van der Waals surface area (Å²) in [5.41, 5.74) is 4.07. The number of nitriles is 1. The summed E-state index contributed by atoms with van der Waals surface area (Å²) in [5, 5.41) is 12.9. The van der Waals surface area contributed by atoms with Gasteiger partial charge < -0.3 is 5.32 Å². The Kier molecular flexibility index (Phi) is 6.63. The summed E-state index contributed by atoms with van der Waals surface area (Å²) < 4.78 is 0. The highest BCUT2D eigenvalue weighted by Gasteiger charge is 2.25. The zero-order valence-corrected chi connectivity index (χ0v) is 18.2. The van der Waals surface area contributed by atoms with Crippen LogP contribution in [0.1, 0.15) is 48.1 Å². The number of carbonyl (C=O) groups excluding carboxylic acids is 1. The number of pyridine rings is 2. The molecule has 156 valence electrons. The van der Waals surface area contributed by atoms with Gasteiger partial charge in [0.25, 0.3) is 0 Å². The van der Waals surface area contributed by atoms with Gasteiger partial charge in [0, 0.05) is 11.9 Å². The maximum atomic E-state index is 12.8. The summed E-state index contributed by atoms with van der Waals surface area (Å²) in [5.74, 6) is 0.851. The van der Waals surface area contributed by atoms with Gasteiger partial charge in [-0.15, -0.1) is 0 Å². The van der Waals surface area contributed by atoms with Gasteiger partial charge in [-0.2, -0.15) is 5.26 Å². The number of amides is 1. The van der Waals surface area contributed by atoms with E-state index in [0.717, 1.165) is 30.5 Å². The lowest BCUT2D eigenvalue weighted by atomic mass is 9.82. The topological polar surface area (TPSA) is 78.7 Å². The van der Waals surface area contributed by atoms with E-state index in [1.807, 2.05) is 25.1 Å². The first-order chi connectivity index (χ1) is 15.2. The van der Waals surface area contributed by atoms with Crippen LogP contribution in [0.2, 0.25) is 0 Å². The van der Waals surface area contributed by atoms with Crippen LogP contribution in [0.25, 0.3) is 0 Å². The molecule has 0 spiro atoms. The lowest BCUT2D eigenvalue weighted by Crippen LogP contribution is -2.25. The molecule has 0 aliphatic heterocycles. The van der Waals surface area contributed by atoms with E-state index in [-0.39, 0.29) is 11.2 Å². The number of rotatable bonds is 6. The van der Waals surface area contributed by atoms with Crippen molar-refractivity contribution in [2.45, 2.75) is 48.8 Å². The molecule has 6 heteroatoms. The number of hydrogen-bond donors (Lipinski definition) is 1. The van der Waals surface area contributed by atoms with E-state index in [1.165, 1.54) is 17.3 Å². The lowest BCUT2D eigenvalue weighted by molar-refractivity contribution is -0.115. The molecule has 3 aromatic rings. The molecule has 2 heterocycles. The Morgan fingerprint density at radius 3 is 2.77 bits per heavy atom. The Morgan fingerprint density at radius 1 is 1.26 bits per heavy atom. The van der Waals surface area contributed by atoms with Crippen LogP contribution >= 0.6 is 11.8 Å². The summed E-state index contributed by atoms with van der Waals surface area (Å²) >= 11 is 1.36. The molecule has 1 aromatic carbocycles. The Balaban J connectivity index is 1.53. The van der Waals surface area contributed by atoms with Crippen LogP contribution in [0, 0.1) is 11.3 Å². The van der Waals surface area contributed by atoms with Crippen LogP contribution in [-0.4, -0.2) is 21.1 Å². The zero-order valence-electron chi connectivity index (χ0n) is 17.4. The number of hydrogen-bond acceptors (Lipinski definition) is 5. The minimum atomic E-state index is -0.347. The molecule has 2 unspecified atom stereocenters. The van der Waals surface area contributed by atoms with Gasteiger partial charge in [-0.05, 0) is 60.9 Å². The van der Waals surface area contributed by atoms with Crippen LogP contribution in [0.3, 0.4) is 0 Å². The smallest absolute Gasteiger partial charge is 0.239 e. The van der Waals surface area contributed by atoms with Crippen LogP contribution in [0.5, 0.6) is 0 Å². The van der Waals surface area contributed by atoms with Gasteiger partial charge in [0.15, 0.2) is 0 Å². The molecule has 0 radical (unpaired) electrons. The third-order valence-corrected chi connectivity index (χ3v) is 6.94. The summed E-state index contributed by atoms with van der Waals surface area (Å²) in [4.78, 5) is 21.7. The van der Waals surface area contributed by atoms with Gasteiger partial charge in [-0.25, -0.2) is 9.97 Å². The first kappa shape index (κ1) is 21.1. The van der Waals surface area contributed by atoms with Crippen molar-refractivity contribution in [2.24, 2.45) is 0 Å². The van der Waals surface area contributed by atoms with E-state index in [2.05, 4.69) is 40.6 Å². The molecule has 2 atom stereocenters. The monoisotopic (exact) mass is 428 g/mol. The van der Waals surface area contributed by atoms with Gasteiger partial charge >= 0.3 is 0 Å². The van der Waals surface area contributed by atoms with Gasteiger partial charge in [0.2, 0.25) is 5.91 Å². The van der Waals surface area contributed by atoms with E-state index < -0.39 is 0 Å². The molecule has 1 amide bonds. The molecule has 4 rings (SSSR count). The van der Waals surface area contributed by atoms with E-state index in [1.54, 1.807) is 18.3 Å². The highest BCUT2D eigenvalue weighted by Crippen LogP contribution is 2.35. The van der Waals surface area contributed by atoms with Crippen molar-refractivity contribution in [1.82, 2.24) is 9.97 Å². The molecule has 1 aliphatic carbocycles. The number of aryl methyl sites for hydroxylation is 1. The van der Waals surface area contributed by atoms with Gasteiger partial charge in [-0.3, -0.25) is 4.79 Å². The fourth-order valence-electron chi connectivity index (χ4n) is 3.93. The third kappa shape index (κ3) is 4.95. The van der Waals surface area contributed by atoms with Crippen molar-refractivity contribution in [2.75, 3.05) is 5.32 Å². The van der Waals surface area contributed by atoms with Crippen LogP contribution in [0.4, 0.5) is 5.82 Å². The molecular weight excluding hydrogens is 404 g/mol. The second-order valence-corrected chi connectivity index (χ2v) is 8.82. The predicted molar refractivity (Wildman–Crippen MR) is 123 cm³/mol. The SMILES string of the molecule is CCC(Sc1nc2c(cc1C#N)CC(c1ccccc1)CC2)C(=O)Nc1ccccn1. The quantitative estimate of drug-likeness (QED) is 0.551. The van der Waals surface area contributed by atoms with Crippen molar-refractivity contribution in [3.63, 3.8) is 0 Å². The first-order valence-electron chi connectivity index (χ1n) is 10.5. The molecule has 31 heavy (non-hydrogen) atoms. The number of fused-ring (bicyclic) bond motifs is 1. The predicted octanol–water partition coefficient (Wildman–Crippen LogP) is 5.13. The van der Waals surface area contributed by atoms with Gasteiger partial charge in [-0.1, -0.05) is 55.1 Å². The number of aromatic nitrogens is 2. The van der Waals surface area contributed by atoms with E-state index >= 15 is 0 Å². The van der Waals surface area contributed by atoms with Gasteiger partial charge in [0.1, 0.15) is 16.9 Å². The molecular formula is C25H24N4OS. The Morgan fingerprint density at radius 2 is 2.06 bits per heavy atom. The van der Waals surface area contributed by atoms with E-state index in [4.69, 9.17) is 4.98 Å². The molecule has 0 fully saturated rings. The summed E-state index contributed by atoms with van der Waals surface area (Å²) in [6.45, 7) is 1.96. The fraction of sp³-hybridized carbons (Fsp3) is 0.280. The highest BCUT2D eigenvalue weighted by atomic mass is 32.2. The second kappa shape index (κ2) is 9.76. The first-order valence-corrected chi connectivity index (χ1v) is 11.4. The molecule has 5 nitrogen and oxygen atoms in total. The van der Waals surface area contributed by atoms with Crippen molar-refractivity contribution in [3.05, 3.63) is 83.2 Å². The Bertz CT molecular complexity index is 1100. The Labute approximate surface area is 186 Å². The van der Waals surface area contributed by atoms with Crippen molar-refractivity contribution in [1.29, 1.82) is 5.26 Å². The van der Waals surface area contributed by atoms with Crippen LogP contribution in [0.15, 0.2) is 65.8 Å². The van der Waals surface area contributed by atoms with E-state index in [0.29, 0.717) is 28.7 Å². The largest absolute Gasteiger partial charge is 0.310 e. The number of benzene rings is 1. The Hall–Kier alpha value is -3.17. The zero-order chi connectivity index (χ0) is 21.6. The molecule has 0 bridgehead atoms. The van der Waals surface area contributed by atoms with Crippen molar-refractivity contribution >= 4 is 23.5 Å². The van der Waals surface area contributed by atoms with Crippen molar-refractivity contribution in [3.8, 4) is 6.07 Å². The van der Waals surface area contributed by atoms with E-state index in [9.17, 15) is 10.1 Å². The number of carbonyl (C=O) groups is 1. The average Bonchev–Trinajstić information content (AvgIpc) is 2.82. The van der Waals surface area contributed by atoms with Crippen molar-refractivity contribution < 1.29 is 4.79 Å². The molecule has 1 N–H and O–H groups in total. The molecule has 0 saturated carbocycles. The summed E-state index contributed by atoms with van der Waals surface area (Å²) in [6, 6.07) is 20.2. The minimum Gasteiger partial charge on any atom is -0.310 e. The average molecular weight is 429 g/mol. The number of nitrogens with zero attached hydrogens (tertiary/aromatic N) is 3. The minimum absolute atomic E-state index is 0.126. The molecule has 2 aromatic heterocycles. The number of thioether (sulfide) groups is 1. The summed E-state index contributed by atoms with van der Waals surface area (Å²) in [6.07, 6.45) is 5.08.